The minimum Gasteiger partial charge on any atom is -0.379 e. The zero-order valence-corrected chi connectivity index (χ0v) is 27.8. The second-order valence-electron chi connectivity index (χ2n) is 11.4. The van der Waals surface area contributed by atoms with E-state index >= 15 is 0 Å². The highest BCUT2D eigenvalue weighted by Gasteiger charge is 1.97. The van der Waals surface area contributed by atoms with Crippen LogP contribution in [0.2, 0.25) is 0 Å². The van der Waals surface area contributed by atoms with Gasteiger partial charge in [0.2, 0.25) is 0 Å². The van der Waals surface area contributed by atoms with Gasteiger partial charge in [0.1, 0.15) is 0 Å². The lowest BCUT2D eigenvalue weighted by molar-refractivity contribution is -0.0169. The van der Waals surface area contributed by atoms with Gasteiger partial charge in [-0.15, -0.1) is 0 Å². The summed E-state index contributed by atoms with van der Waals surface area (Å²) in [5.41, 5.74) is 0. The zero-order valence-electron chi connectivity index (χ0n) is 27.8. The topological polar surface area (TPSA) is 55.4 Å². The van der Waals surface area contributed by atoms with Crippen molar-refractivity contribution in [2.45, 2.75) is 149 Å². The highest BCUT2D eigenvalue weighted by molar-refractivity contribution is 4.49. The monoisotopic (exact) mass is 589 g/mol. The minimum absolute atomic E-state index is 0.584. The van der Waals surface area contributed by atoms with Crippen LogP contribution < -0.4 is 0 Å². The fraction of sp³-hybridized carbons (Fsp3) is 1.00. The predicted octanol–water partition coefficient (Wildman–Crippen LogP) is 9.32. The predicted molar refractivity (Wildman–Crippen MR) is 173 cm³/mol. The van der Waals surface area contributed by atoms with Crippen LogP contribution in [-0.4, -0.2) is 79.3 Å². The fourth-order valence-electron chi connectivity index (χ4n) is 4.76. The Labute approximate surface area is 256 Å². The maximum atomic E-state index is 5.66. The molecule has 0 aliphatic carbocycles. The molecule has 6 heteroatoms. The van der Waals surface area contributed by atoms with Gasteiger partial charge in [-0.05, 0) is 12.8 Å². The van der Waals surface area contributed by atoms with Crippen molar-refractivity contribution in [1.82, 2.24) is 0 Å². The van der Waals surface area contributed by atoms with Gasteiger partial charge in [-0.2, -0.15) is 0 Å². The van der Waals surface area contributed by atoms with Crippen molar-refractivity contribution in [3.05, 3.63) is 0 Å². The van der Waals surface area contributed by atoms with E-state index in [4.69, 9.17) is 28.4 Å². The van der Waals surface area contributed by atoms with Crippen molar-refractivity contribution in [3.63, 3.8) is 0 Å². The first-order valence-corrected chi connectivity index (χ1v) is 17.9. The summed E-state index contributed by atoms with van der Waals surface area (Å²) in [6.45, 7) is 12.4. The lowest BCUT2D eigenvalue weighted by Crippen LogP contribution is -2.14. The molecule has 0 unspecified atom stereocenters. The summed E-state index contributed by atoms with van der Waals surface area (Å²) in [5, 5.41) is 0. The first-order valence-electron chi connectivity index (χ1n) is 17.9. The molecular weight excluding hydrogens is 516 g/mol. The molecule has 0 rings (SSSR count). The second kappa shape index (κ2) is 39.8. The largest absolute Gasteiger partial charge is 0.379 e. The van der Waals surface area contributed by atoms with Crippen molar-refractivity contribution < 1.29 is 28.4 Å². The maximum absolute atomic E-state index is 5.66. The Morgan fingerprint density at radius 1 is 0.195 bits per heavy atom. The van der Waals surface area contributed by atoms with Crippen LogP contribution in [0.5, 0.6) is 0 Å². The summed E-state index contributed by atoms with van der Waals surface area (Å²) < 4.78 is 33.5. The second-order valence-corrected chi connectivity index (χ2v) is 11.4. The molecule has 0 aromatic rings. The Balaban J connectivity index is 3.02. The normalized spacial score (nSPS) is 11.6. The van der Waals surface area contributed by atoms with E-state index in [0.717, 1.165) is 26.1 Å². The molecule has 0 aliphatic rings. The van der Waals surface area contributed by atoms with Gasteiger partial charge in [-0.25, -0.2) is 0 Å². The maximum Gasteiger partial charge on any atom is 0.0701 e. The van der Waals surface area contributed by atoms with Crippen LogP contribution in [0, 0.1) is 0 Å². The van der Waals surface area contributed by atoms with Gasteiger partial charge in [0.05, 0.1) is 66.1 Å². The molecule has 41 heavy (non-hydrogen) atoms. The minimum atomic E-state index is 0.584. The molecule has 0 saturated carbocycles. The fourth-order valence-corrected chi connectivity index (χ4v) is 4.76. The van der Waals surface area contributed by atoms with Gasteiger partial charge >= 0.3 is 0 Å². The van der Waals surface area contributed by atoms with Gasteiger partial charge < -0.3 is 28.4 Å². The van der Waals surface area contributed by atoms with E-state index in [9.17, 15) is 0 Å². The average molecular weight is 589 g/mol. The van der Waals surface area contributed by atoms with Gasteiger partial charge in [-0.3, -0.25) is 0 Å². The highest BCUT2D eigenvalue weighted by atomic mass is 16.6. The van der Waals surface area contributed by atoms with Crippen molar-refractivity contribution in [1.29, 1.82) is 0 Å². The quantitative estimate of drug-likeness (QED) is 0.0670. The van der Waals surface area contributed by atoms with Crippen LogP contribution >= 0.6 is 0 Å². The number of hydrogen-bond donors (Lipinski definition) is 0. The van der Waals surface area contributed by atoms with Crippen molar-refractivity contribution in [3.8, 4) is 0 Å². The van der Waals surface area contributed by atoms with E-state index in [0.29, 0.717) is 66.1 Å². The highest BCUT2D eigenvalue weighted by Crippen LogP contribution is 2.12. The molecule has 248 valence electrons. The van der Waals surface area contributed by atoms with E-state index in [1.807, 2.05) is 0 Å². The third kappa shape index (κ3) is 39.8. The molecule has 0 spiro atoms. The van der Waals surface area contributed by atoms with Crippen LogP contribution in [0.25, 0.3) is 0 Å². The van der Waals surface area contributed by atoms with Crippen LogP contribution in [0.3, 0.4) is 0 Å². The molecule has 0 heterocycles. The Morgan fingerprint density at radius 3 is 0.585 bits per heavy atom. The van der Waals surface area contributed by atoms with E-state index in [1.165, 1.54) is 122 Å². The number of ether oxygens (including phenoxy) is 6. The first-order chi connectivity index (χ1) is 20.4. The van der Waals surface area contributed by atoms with Crippen molar-refractivity contribution in [2.75, 3.05) is 79.3 Å². The van der Waals surface area contributed by atoms with Crippen LogP contribution in [0.4, 0.5) is 0 Å². The molecular formula is C35H72O6. The molecule has 0 N–H and O–H groups in total. The Kier molecular flexibility index (Phi) is 39.5. The van der Waals surface area contributed by atoms with Gasteiger partial charge in [0, 0.05) is 13.2 Å². The summed E-state index contributed by atoms with van der Waals surface area (Å²) in [6.07, 6.45) is 28.6. The number of hydrogen-bond acceptors (Lipinski definition) is 6. The van der Waals surface area contributed by atoms with E-state index in [1.54, 1.807) is 0 Å². The summed E-state index contributed by atoms with van der Waals surface area (Å²) in [7, 11) is 0. The molecule has 0 aromatic carbocycles. The standard InChI is InChI=1S/C35H72O6/c1-3-5-7-9-11-13-15-17-19-21-23-25-37-27-29-39-31-33-41-35-34-40-32-30-38-28-26-36-24-22-20-18-16-14-12-10-8-6-4-2/h3-35H2,1-2H3. The molecule has 0 radical (unpaired) electrons. The summed E-state index contributed by atoms with van der Waals surface area (Å²) in [4.78, 5) is 0. The van der Waals surface area contributed by atoms with Crippen LogP contribution in [-0.2, 0) is 28.4 Å². The summed E-state index contributed by atoms with van der Waals surface area (Å²) in [5.74, 6) is 0. The summed E-state index contributed by atoms with van der Waals surface area (Å²) in [6, 6.07) is 0. The Hall–Kier alpha value is -0.240. The molecule has 0 fully saturated rings. The lowest BCUT2D eigenvalue weighted by atomic mass is 10.1. The molecule has 0 bridgehead atoms. The smallest absolute Gasteiger partial charge is 0.0701 e. The molecule has 0 saturated heterocycles. The van der Waals surface area contributed by atoms with Gasteiger partial charge in [0.25, 0.3) is 0 Å². The molecule has 0 amide bonds. The van der Waals surface area contributed by atoms with E-state index < -0.39 is 0 Å². The SMILES string of the molecule is CCCCCCCCCCCCCOCCOCCOCCOCCOCCOCCCCCCCCCCCC. The van der Waals surface area contributed by atoms with Crippen LogP contribution in [0.15, 0.2) is 0 Å². The third-order valence-corrected chi connectivity index (χ3v) is 7.39. The van der Waals surface area contributed by atoms with E-state index in [2.05, 4.69) is 13.8 Å². The third-order valence-electron chi connectivity index (χ3n) is 7.39. The molecule has 0 aliphatic heterocycles. The Morgan fingerprint density at radius 2 is 0.366 bits per heavy atom. The van der Waals surface area contributed by atoms with Gasteiger partial charge in [-0.1, -0.05) is 136 Å². The average Bonchev–Trinajstić information content (AvgIpc) is 2.98. The summed E-state index contributed by atoms with van der Waals surface area (Å²) >= 11 is 0. The van der Waals surface area contributed by atoms with Crippen LogP contribution in [0.1, 0.15) is 149 Å². The number of rotatable bonds is 38. The van der Waals surface area contributed by atoms with Crippen molar-refractivity contribution >= 4 is 0 Å². The van der Waals surface area contributed by atoms with Gasteiger partial charge in [0.15, 0.2) is 0 Å². The lowest BCUT2D eigenvalue weighted by Gasteiger charge is -2.08. The molecule has 0 atom stereocenters. The van der Waals surface area contributed by atoms with Crippen molar-refractivity contribution in [2.24, 2.45) is 0 Å². The zero-order chi connectivity index (χ0) is 29.6. The Bertz CT molecular complexity index is 399. The number of unbranched alkanes of at least 4 members (excludes halogenated alkanes) is 19. The first kappa shape index (κ1) is 40.8. The van der Waals surface area contributed by atoms with E-state index in [-0.39, 0.29) is 0 Å². The molecule has 0 aromatic heterocycles. The molecule has 6 nitrogen and oxygen atoms in total.